The Morgan fingerprint density at radius 2 is 1.67 bits per heavy atom. The molecule has 2 amide bonds. The van der Waals surface area contributed by atoms with E-state index in [9.17, 15) is 9.59 Å². The Morgan fingerprint density at radius 3 is 2.25 bits per heavy atom. The zero-order valence-electron chi connectivity index (χ0n) is 13.5. The second-order valence-electron chi connectivity index (χ2n) is 5.28. The first kappa shape index (κ1) is 17.8. The molecule has 5 nitrogen and oxygen atoms in total. The van der Waals surface area contributed by atoms with Gasteiger partial charge in [0.15, 0.2) is 6.10 Å². The van der Waals surface area contributed by atoms with Crippen molar-refractivity contribution in [3.8, 4) is 5.75 Å². The molecule has 2 rings (SSSR count). The predicted molar refractivity (Wildman–Crippen MR) is 92.9 cm³/mol. The summed E-state index contributed by atoms with van der Waals surface area (Å²) in [5, 5.41) is 0.535. The van der Waals surface area contributed by atoms with Crippen LogP contribution in [0.5, 0.6) is 5.75 Å². The largest absolute Gasteiger partial charge is 0.481 e. The molecule has 126 valence electrons. The molecule has 0 radical (unpaired) electrons. The number of amides is 2. The van der Waals surface area contributed by atoms with Gasteiger partial charge in [-0.3, -0.25) is 20.4 Å². The SMILES string of the molecule is CCC(Oc1ccc(C)cc1)C(=O)NNC(=O)c1ccc(Cl)cc1. The molecule has 0 aromatic heterocycles. The van der Waals surface area contributed by atoms with Gasteiger partial charge in [0.1, 0.15) is 5.75 Å². The fourth-order valence-corrected chi connectivity index (χ4v) is 2.10. The highest BCUT2D eigenvalue weighted by atomic mass is 35.5. The van der Waals surface area contributed by atoms with Gasteiger partial charge in [-0.1, -0.05) is 36.2 Å². The molecule has 0 saturated heterocycles. The topological polar surface area (TPSA) is 67.4 Å². The highest BCUT2D eigenvalue weighted by molar-refractivity contribution is 6.30. The van der Waals surface area contributed by atoms with Gasteiger partial charge in [-0.05, 0) is 49.7 Å². The van der Waals surface area contributed by atoms with Gasteiger partial charge in [-0.2, -0.15) is 0 Å². The first-order chi connectivity index (χ1) is 11.5. The molecule has 0 saturated carbocycles. The number of hydrazine groups is 1. The summed E-state index contributed by atoms with van der Waals surface area (Å²) >= 11 is 5.77. The lowest BCUT2D eigenvalue weighted by molar-refractivity contribution is -0.128. The summed E-state index contributed by atoms with van der Waals surface area (Å²) in [7, 11) is 0. The van der Waals surface area contributed by atoms with Gasteiger partial charge in [0.05, 0.1) is 0 Å². The van der Waals surface area contributed by atoms with Crippen LogP contribution in [0.2, 0.25) is 5.02 Å². The number of halogens is 1. The van der Waals surface area contributed by atoms with Crippen molar-refractivity contribution in [3.63, 3.8) is 0 Å². The van der Waals surface area contributed by atoms with Crippen molar-refractivity contribution in [2.75, 3.05) is 0 Å². The lowest BCUT2D eigenvalue weighted by Crippen LogP contribution is -2.47. The van der Waals surface area contributed by atoms with Crippen LogP contribution < -0.4 is 15.6 Å². The van der Waals surface area contributed by atoms with E-state index in [0.29, 0.717) is 22.8 Å². The van der Waals surface area contributed by atoms with E-state index in [4.69, 9.17) is 16.3 Å². The predicted octanol–water partition coefficient (Wildman–Crippen LogP) is 3.27. The standard InChI is InChI=1S/C18H19ClN2O3/c1-3-16(24-15-10-4-12(2)5-11-15)18(23)21-20-17(22)13-6-8-14(19)9-7-13/h4-11,16H,3H2,1-2H3,(H,20,22)(H,21,23). The maximum Gasteiger partial charge on any atom is 0.279 e. The molecular formula is C18H19ClN2O3. The maximum atomic E-state index is 12.2. The van der Waals surface area contributed by atoms with Crippen molar-refractivity contribution < 1.29 is 14.3 Å². The Hall–Kier alpha value is -2.53. The molecule has 2 aromatic carbocycles. The van der Waals surface area contributed by atoms with Crippen molar-refractivity contribution in [3.05, 3.63) is 64.7 Å². The van der Waals surface area contributed by atoms with E-state index in [2.05, 4.69) is 10.9 Å². The fourth-order valence-electron chi connectivity index (χ4n) is 1.98. The molecule has 2 aromatic rings. The van der Waals surface area contributed by atoms with Gasteiger partial charge in [0.25, 0.3) is 11.8 Å². The Balaban J connectivity index is 1.90. The zero-order valence-corrected chi connectivity index (χ0v) is 14.3. The number of hydrogen-bond acceptors (Lipinski definition) is 3. The lowest BCUT2D eigenvalue weighted by Gasteiger charge is -2.17. The summed E-state index contributed by atoms with van der Waals surface area (Å²) in [4.78, 5) is 24.1. The maximum absolute atomic E-state index is 12.2. The van der Waals surface area contributed by atoms with Crippen LogP contribution >= 0.6 is 11.6 Å². The second kappa shape index (κ2) is 8.36. The molecule has 0 aliphatic rings. The molecule has 0 fully saturated rings. The van der Waals surface area contributed by atoms with Gasteiger partial charge in [0, 0.05) is 10.6 Å². The summed E-state index contributed by atoms with van der Waals surface area (Å²) in [5.41, 5.74) is 6.25. The van der Waals surface area contributed by atoms with Crippen LogP contribution in [0.1, 0.15) is 29.3 Å². The minimum atomic E-state index is -0.696. The van der Waals surface area contributed by atoms with Crippen molar-refractivity contribution >= 4 is 23.4 Å². The van der Waals surface area contributed by atoms with Crippen LogP contribution in [0, 0.1) is 6.92 Å². The van der Waals surface area contributed by atoms with Gasteiger partial charge >= 0.3 is 0 Å². The van der Waals surface area contributed by atoms with Gasteiger partial charge in [-0.25, -0.2) is 0 Å². The van der Waals surface area contributed by atoms with E-state index in [1.165, 1.54) is 0 Å². The van der Waals surface area contributed by atoms with Gasteiger partial charge in [-0.15, -0.1) is 0 Å². The van der Waals surface area contributed by atoms with Gasteiger partial charge < -0.3 is 4.74 Å². The molecule has 0 heterocycles. The Morgan fingerprint density at radius 1 is 1.04 bits per heavy atom. The van der Waals surface area contributed by atoms with Crippen molar-refractivity contribution in [1.29, 1.82) is 0 Å². The van der Waals surface area contributed by atoms with E-state index in [-0.39, 0.29) is 0 Å². The average molecular weight is 347 g/mol. The molecule has 0 spiro atoms. The fraction of sp³-hybridized carbons (Fsp3) is 0.222. The van der Waals surface area contributed by atoms with E-state index >= 15 is 0 Å². The number of benzene rings is 2. The number of ether oxygens (including phenoxy) is 1. The molecule has 0 aliphatic heterocycles. The summed E-state index contributed by atoms with van der Waals surface area (Å²) in [5.74, 6) is -0.239. The van der Waals surface area contributed by atoms with Crippen LogP contribution in [0.3, 0.4) is 0 Å². The van der Waals surface area contributed by atoms with Crippen LogP contribution in [0.4, 0.5) is 0 Å². The van der Waals surface area contributed by atoms with Crippen molar-refractivity contribution in [1.82, 2.24) is 10.9 Å². The number of rotatable bonds is 5. The average Bonchev–Trinajstić information content (AvgIpc) is 2.59. The van der Waals surface area contributed by atoms with E-state index in [1.54, 1.807) is 36.4 Å². The normalized spacial score (nSPS) is 11.5. The summed E-state index contributed by atoms with van der Waals surface area (Å²) in [6.07, 6.45) is -0.227. The zero-order chi connectivity index (χ0) is 17.5. The number of aryl methyl sites for hydroxylation is 1. The molecule has 1 unspecified atom stereocenters. The number of carbonyl (C=O) groups is 2. The lowest BCUT2D eigenvalue weighted by atomic mass is 10.2. The Kier molecular flexibility index (Phi) is 6.21. The Labute approximate surface area is 145 Å². The van der Waals surface area contributed by atoms with Gasteiger partial charge in [0.2, 0.25) is 0 Å². The molecule has 0 aliphatic carbocycles. The van der Waals surface area contributed by atoms with E-state index < -0.39 is 17.9 Å². The Bertz CT molecular complexity index is 699. The first-order valence-corrected chi connectivity index (χ1v) is 7.96. The third-order valence-electron chi connectivity index (χ3n) is 3.37. The van der Waals surface area contributed by atoms with Crippen molar-refractivity contribution in [2.24, 2.45) is 0 Å². The number of hydrogen-bond donors (Lipinski definition) is 2. The summed E-state index contributed by atoms with van der Waals surface area (Å²) < 4.78 is 5.65. The molecule has 1 atom stereocenters. The molecule has 6 heteroatoms. The highest BCUT2D eigenvalue weighted by Crippen LogP contribution is 2.14. The molecule has 24 heavy (non-hydrogen) atoms. The highest BCUT2D eigenvalue weighted by Gasteiger charge is 2.19. The third-order valence-corrected chi connectivity index (χ3v) is 3.62. The quantitative estimate of drug-likeness (QED) is 0.816. The monoisotopic (exact) mass is 346 g/mol. The molecule has 0 bridgehead atoms. The number of carbonyl (C=O) groups excluding carboxylic acids is 2. The van der Waals surface area contributed by atoms with Crippen LogP contribution in [-0.2, 0) is 4.79 Å². The summed E-state index contributed by atoms with van der Waals surface area (Å²) in [6, 6.07) is 13.8. The molecule has 2 N–H and O–H groups in total. The first-order valence-electron chi connectivity index (χ1n) is 7.58. The summed E-state index contributed by atoms with van der Waals surface area (Å²) in [6.45, 7) is 3.81. The number of nitrogens with one attached hydrogen (secondary N) is 2. The minimum Gasteiger partial charge on any atom is -0.481 e. The minimum absolute atomic E-state index is 0.396. The van der Waals surface area contributed by atoms with Crippen molar-refractivity contribution in [2.45, 2.75) is 26.4 Å². The van der Waals surface area contributed by atoms with Crippen LogP contribution in [0.25, 0.3) is 0 Å². The van der Waals surface area contributed by atoms with E-state index in [0.717, 1.165) is 5.56 Å². The van der Waals surface area contributed by atoms with Crippen LogP contribution in [-0.4, -0.2) is 17.9 Å². The van der Waals surface area contributed by atoms with Crippen LogP contribution in [0.15, 0.2) is 48.5 Å². The van der Waals surface area contributed by atoms with E-state index in [1.807, 2.05) is 26.0 Å². The smallest absolute Gasteiger partial charge is 0.279 e. The second-order valence-corrected chi connectivity index (χ2v) is 5.71. The third kappa shape index (κ3) is 4.99. The molecular weight excluding hydrogens is 328 g/mol.